The molecule has 6 heteroatoms. The molecule has 19 heavy (non-hydrogen) atoms. The molecule has 0 spiro atoms. The van der Waals surface area contributed by atoms with Gasteiger partial charge in [0.05, 0.1) is 5.75 Å². The molecule has 0 unspecified atom stereocenters. The molecule has 0 bridgehead atoms. The van der Waals surface area contributed by atoms with E-state index in [0.29, 0.717) is 18.8 Å². The van der Waals surface area contributed by atoms with Gasteiger partial charge in [-0.15, -0.1) is 11.6 Å². The van der Waals surface area contributed by atoms with E-state index in [-0.39, 0.29) is 11.8 Å². The molecule has 0 amide bonds. The Balaban J connectivity index is 2.03. The van der Waals surface area contributed by atoms with Crippen molar-refractivity contribution in [3.05, 3.63) is 30.1 Å². The van der Waals surface area contributed by atoms with Crippen LogP contribution < -0.4 is 0 Å². The smallest absolute Gasteiger partial charge is 0.214 e. The third-order valence-electron chi connectivity index (χ3n) is 3.19. The Morgan fingerprint density at radius 3 is 2.53 bits per heavy atom. The summed E-state index contributed by atoms with van der Waals surface area (Å²) in [7, 11) is -3.18. The molecule has 0 N–H and O–H groups in total. The molecule has 1 aliphatic rings. The van der Waals surface area contributed by atoms with E-state index in [4.69, 9.17) is 11.6 Å². The summed E-state index contributed by atoms with van der Waals surface area (Å²) in [5, 5.41) is 0. The second-order valence-corrected chi connectivity index (χ2v) is 7.26. The van der Waals surface area contributed by atoms with Crippen molar-refractivity contribution in [2.24, 2.45) is 0 Å². The first-order chi connectivity index (χ1) is 9.13. The van der Waals surface area contributed by atoms with Crippen LogP contribution in [-0.2, 0) is 16.6 Å². The van der Waals surface area contributed by atoms with E-state index in [1.54, 1.807) is 16.7 Å². The van der Waals surface area contributed by atoms with Gasteiger partial charge in [-0.25, -0.2) is 8.42 Å². The molecule has 0 radical (unpaired) electrons. The number of aromatic nitrogens is 1. The molecule has 1 aromatic rings. The zero-order valence-electron chi connectivity index (χ0n) is 10.8. The lowest BCUT2D eigenvalue weighted by Gasteiger charge is -2.21. The summed E-state index contributed by atoms with van der Waals surface area (Å²) in [6, 6.07) is 3.92. The minimum absolute atomic E-state index is 0.189. The third-order valence-corrected chi connectivity index (χ3v) is 5.40. The van der Waals surface area contributed by atoms with Gasteiger partial charge in [0.25, 0.3) is 0 Å². The molecule has 4 nitrogen and oxygen atoms in total. The highest BCUT2D eigenvalue weighted by atomic mass is 35.5. The highest BCUT2D eigenvalue weighted by Crippen LogP contribution is 2.31. The highest BCUT2D eigenvalue weighted by Gasteiger charge is 2.36. The summed E-state index contributed by atoms with van der Waals surface area (Å²) in [5.74, 6) is 0.713. The van der Waals surface area contributed by atoms with Gasteiger partial charge in [0.1, 0.15) is 0 Å². The quantitative estimate of drug-likeness (QED) is 0.547. The number of unbranched alkanes of at least 4 members (excludes halogenated alkanes) is 1. The summed E-state index contributed by atoms with van der Waals surface area (Å²) in [4.78, 5) is 3.95. The number of halogens is 1. The van der Waals surface area contributed by atoms with Gasteiger partial charge in [-0.05, 0) is 43.4 Å². The molecular formula is C13H19ClN2O2S. The van der Waals surface area contributed by atoms with E-state index in [9.17, 15) is 8.42 Å². The Bertz CT molecular complexity index is 489. The monoisotopic (exact) mass is 302 g/mol. The Morgan fingerprint density at radius 1 is 1.26 bits per heavy atom. The summed E-state index contributed by atoms with van der Waals surface area (Å²) < 4.78 is 26.4. The van der Waals surface area contributed by atoms with Crippen LogP contribution >= 0.6 is 11.6 Å². The van der Waals surface area contributed by atoms with Crippen LogP contribution in [0.1, 0.15) is 31.2 Å². The Kier molecular flexibility index (Phi) is 5.19. The Hall–Kier alpha value is -0.650. The van der Waals surface area contributed by atoms with Crippen LogP contribution in [0.2, 0.25) is 0 Å². The summed E-state index contributed by atoms with van der Waals surface area (Å²) in [6.45, 7) is 0.455. The largest absolute Gasteiger partial charge is 0.265 e. The number of nitrogens with zero attached hydrogens (tertiary/aromatic N) is 2. The van der Waals surface area contributed by atoms with Crippen molar-refractivity contribution in [2.45, 2.75) is 38.3 Å². The average molecular weight is 303 g/mol. The fourth-order valence-corrected chi connectivity index (χ4v) is 3.98. The SMILES string of the molecule is O=S(=O)(CCCCCl)N(Cc1ccncc1)C1CC1. The number of hydrogen-bond acceptors (Lipinski definition) is 3. The van der Waals surface area contributed by atoms with Crippen LogP contribution in [0.25, 0.3) is 0 Å². The molecule has 106 valence electrons. The van der Waals surface area contributed by atoms with Gasteiger partial charge in [-0.1, -0.05) is 0 Å². The summed E-state index contributed by atoms with van der Waals surface area (Å²) in [6.07, 6.45) is 6.71. The van der Waals surface area contributed by atoms with Crippen LogP contribution in [0.4, 0.5) is 0 Å². The summed E-state index contributed by atoms with van der Waals surface area (Å²) in [5.41, 5.74) is 0.989. The molecule has 0 aliphatic heterocycles. The van der Waals surface area contributed by atoms with Crippen molar-refractivity contribution >= 4 is 21.6 Å². The van der Waals surface area contributed by atoms with E-state index in [1.807, 2.05) is 12.1 Å². The number of alkyl halides is 1. The van der Waals surface area contributed by atoms with Crippen molar-refractivity contribution in [3.63, 3.8) is 0 Å². The first-order valence-electron chi connectivity index (χ1n) is 6.58. The lowest BCUT2D eigenvalue weighted by atomic mass is 10.3. The Morgan fingerprint density at radius 2 is 1.95 bits per heavy atom. The first-order valence-corrected chi connectivity index (χ1v) is 8.72. The fourth-order valence-electron chi connectivity index (χ4n) is 1.98. The number of sulfonamides is 1. The third kappa shape index (κ3) is 4.44. The van der Waals surface area contributed by atoms with Gasteiger partial charge in [0, 0.05) is 30.9 Å². The molecular weight excluding hydrogens is 284 g/mol. The van der Waals surface area contributed by atoms with Crippen molar-refractivity contribution in [1.29, 1.82) is 0 Å². The highest BCUT2D eigenvalue weighted by molar-refractivity contribution is 7.89. The molecule has 1 heterocycles. The van der Waals surface area contributed by atoms with Gasteiger partial charge < -0.3 is 0 Å². The topological polar surface area (TPSA) is 50.3 Å². The molecule has 1 saturated carbocycles. The lowest BCUT2D eigenvalue weighted by Crippen LogP contribution is -2.34. The molecule has 2 rings (SSSR count). The average Bonchev–Trinajstić information content (AvgIpc) is 3.21. The predicted molar refractivity (Wildman–Crippen MR) is 76.5 cm³/mol. The molecule has 0 aromatic carbocycles. The molecule has 1 aliphatic carbocycles. The van der Waals surface area contributed by atoms with Gasteiger partial charge in [-0.3, -0.25) is 4.98 Å². The maximum atomic E-state index is 12.4. The van der Waals surface area contributed by atoms with Gasteiger partial charge in [0.2, 0.25) is 10.0 Å². The lowest BCUT2D eigenvalue weighted by molar-refractivity contribution is 0.397. The molecule has 0 saturated heterocycles. The van der Waals surface area contributed by atoms with Crippen LogP contribution in [0, 0.1) is 0 Å². The first kappa shape index (κ1) is 14.8. The van der Waals surface area contributed by atoms with Crippen LogP contribution in [-0.4, -0.2) is 35.4 Å². The number of rotatable bonds is 8. The Labute approximate surface area is 119 Å². The minimum atomic E-state index is -3.18. The number of pyridine rings is 1. The van der Waals surface area contributed by atoms with Crippen molar-refractivity contribution in [2.75, 3.05) is 11.6 Å². The predicted octanol–water partition coefficient (Wildman–Crippen LogP) is 2.39. The maximum Gasteiger partial charge on any atom is 0.214 e. The van der Waals surface area contributed by atoms with Crippen LogP contribution in [0.15, 0.2) is 24.5 Å². The molecule has 1 fully saturated rings. The van der Waals surface area contributed by atoms with E-state index >= 15 is 0 Å². The van der Waals surface area contributed by atoms with Crippen LogP contribution in [0.3, 0.4) is 0 Å². The van der Waals surface area contributed by atoms with E-state index in [2.05, 4.69) is 4.98 Å². The van der Waals surface area contributed by atoms with E-state index in [1.165, 1.54) is 0 Å². The molecule has 0 atom stereocenters. The van der Waals surface area contributed by atoms with Gasteiger partial charge >= 0.3 is 0 Å². The zero-order chi connectivity index (χ0) is 13.7. The standard InChI is InChI=1S/C13H19ClN2O2S/c14-7-1-2-10-19(17,18)16(13-3-4-13)11-12-5-8-15-9-6-12/h5-6,8-9,13H,1-4,7,10-11H2. The normalized spacial score (nSPS) is 15.9. The second-order valence-electron chi connectivity index (χ2n) is 4.84. The maximum absolute atomic E-state index is 12.4. The number of hydrogen-bond donors (Lipinski definition) is 0. The zero-order valence-corrected chi connectivity index (χ0v) is 12.4. The van der Waals surface area contributed by atoms with Gasteiger partial charge in [-0.2, -0.15) is 4.31 Å². The van der Waals surface area contributed by atoms with E-state index in [0.717, 1.165) is 24.8 Å². The van der Waals surface area contributed by atoms with Crippen LogP contribution in [0.5, 0.6) is 0 Å². The van der Waals surface area contributed by atoms with Crippen molar-refractivity contribution < 1.29 is 8.42 Å². The van der Waals surface area contributed by atoms with Crippen molar-refractivity contribution in [3.8, 4) is 0 Å². The summed E-state index contributed by atoms with van der Waals surface area (Å²) >= 11 is 5.60. The van der Waals surface area contributed by atoms with Gasteiger partial charge in [0.15, 0.2) is 0 Å². The molecule has 1 aromatic heterocycles. The fraction of sp³-hybridized carbons (Fsp3) is 0.615. The second kappa shape index (κ2) is 6.68. The van der Waals surface area contributed by atoms with E-state index < -0.39 is 10.0 Å². The minimum Gasteiger partial charge on any atom is -0.265 e. The van der Waals surface area contributed by atoms with Crippen molar-refractivity contribution in [1.82, 2.24) is 9.29 Å².